The van der Waals surface area contributed by atoms with Gasteiger partial charge < -0.3 is 9.15 Å². The zero-order valence-corrected chi connectivity index (χ0v) is 15.2. The lowest BCUT2D eigenvalue weighted by Crippen LogP contribution is -2.28. The molecule has 0 aliphatic heterocycles. The maximum atomic E-state index is 13.3. The molecule has 2 aromatic carbocycles. The van der Waals surface area contributed by atoms with Gasteiger partial charge in [0.1, 0.15) is 17.2 Å². The zero-order chi connectivity index (χ0) is 19.1. The fourth-order valence-electron chi connectivity index (χ4n) is 3.14. The number of para-hydroxylation sites is 1. The summed E-state index contributed by atoms with van der Waals surface area (Å²) in [5.41, 5.74) is 0.218. The molecule has 6 nitrogen and oxygen atoms in total. The highest BCUT2D eigenvalue weighted by molar-refractivity contribution is 5.88. The van der Waals surface area contributed by atoms with Gasteiger partial charge in [0.2, 0.25) is 11.1 Å². The van der Waals surface area contributed by atoms with Crippen LogP contribution in [0.3, 0.4) is 0 Å². The van der Waals surface area contributed by atoms with Crippen LogP contribution in [0.2, 0.25) is 0 Å². The van der Waals surface area contributed by atoms with Crippen LogP contribution >= 0.6 is 0 Å². The average Bonchev–Trinajstić information content (AvgIpc) is 2.67. The molecule has 0 radical (unpaired) electrons. The summed E-state index contributed by atoms with van der Waals surface area (Å²) in [7, 11) is 1.54. The Kier molecular flexibility index (Phi) is 4.03. The molecule has 6 heteroatoms. The van der Waals surface area contributed by atoms with E-state index in [1.165, 1.54) is 11.7 Å². The highest BCUT2D eigenvalue weighted by Gasteiger charge is 2.20. The van der Waals surface area contributed by atoms with Crippen LogP contribution in [0.15, 0.2) is 62.5 Å². The zero-order valence-electron chi connectivity index (χ0n) is 15.2. The van der Waals surface area contributed by atoms with Crippen LogP contribution in [0.1, 0.15) is 25.6 Å². The molecule has 0 saturated carbocycles. The number of hydrogen-bond donors (Lipinski definition) is 0. The molecule has 0 unspecified atom stereocenters. The van der Waals surface area contributed by atoms with Crippen LogP contribution in [0.4, 0.5) is 0 Å². The second kappa shape index (κ2) is 6.39. The molecule has 0 atom stereocenters. The minimum Gasteiger partial charge on any atom is -0.497 e. The Hall–Kier alpha value is -3.41. The summed E-state index contributed by atoms with van der Waals surface area (Å²) in [6.07, 6.45) is 0. The molecule has 0 fully saturated rings. The summed E-state index contributed by atoms with van der Waals surface area (Å²) in [4.78, 5) is 30.8. The van der Waals surface area contributed by atoms with Crippen molar-refractivity contribution in [2.45, 2.75) is 19.8 Å². The quantitative estimate of drug-likeness (QED) is 0.520. The molecule has 0 spiro atoms. The van der Waals surface area contributed by atoms with Crippen LogP contribution in [0, 0.1) is 0 Å². The first kappa shape index (κ1) is 17.0. The van der Waals surface area contributed by atoms with Crippen LogP contribution < -0.4 is 15.7 Å². The molecule has 27 heavy (non-hydrogen) atoms. The van der Waals surface area contributed by atoms with E-state index in [1.807, 2.05) is 44.2 Å². The van der Waals surface area contributed by atoms with Gasteiger partial charge in [-0.05, 0) is 24.3 Å². The highest BCUT2D eigenvalue weighted by Crippen LogP contribution is 2.23. The normalized spacial score (nSPS) is 11.4. The van der Waals surface area contributed by atoms with Crippen molar-refractivity contribution in [3.05, 3.63) is 74.9 Å². The summed E-state index contributed by atoms with van der Waals surface area (Å²) in [6, 6.07) is 14.1. The van der Waals surface area contributed by atoms with E-state index in [9.17, 15) is 9.59 Å². The lowest BCUT2D eigenvalue weighted by Gasteiger charge is -2.15. The van der Waals surface area contributed by atoms with Crippen molar-refractivity contribution in [1.29, 1.82) is 0 Å². The number of hydrogen-bond acceptors (Lipinski definition) is 5. The summed E-state index contributed by atoms with van der Waals surface area (Å²) < 4.78 is 12.5. The third kappa shape index (κ3) is 2.70. The number of fused-ring (bicyclic) bond motifs is 2. The van der Waals surface area contributed by atoms with Gasteiger partial charge in [-0.2, -0.15) is 4.98 Å². The highest BCUT2D eigenvalue weighted by atomic mass is 16.5. The minimum atomic E-state index is -0.429. The van der Waals surface area contributed by atoms with E-state index in [0.29, 0.717) is 28.2 Å². The Morgan fingerprint density at radius 1 is 1.07 bits per heavy atom. The smallest absolute Gasteiger partial charge is 0.273 e. The molecule has 2 heterocycles. The number of methoxy groups -OCH3 is 1. The molecular weight excluding hydrogens is 344 g/mol. The van der Waals surface area contributed by atoms with Gasteiger partial charge >= 0.3 is 0 Å². The molecular formula is C21H18N2O4. The van der Waals surface area contributed by atoms with Gasteiger partial charge in [0.25, 0.3) is 5.56 Å². The number of rotatable bonds is 3. The van der Waals surface area contributed by atoms with Crippen molar-refractivity contribution >= 4 is 22.1 Å². The Labute approximate surface area is 154 Å². The predicted octanol–water partition coefficient (Wildman–Crippen LogP) is 3.62. The van der Waals surface area contributed by atoms with Gasteiger partial charge in [0, 0.05) is 12.0 Å². The molecule has 0 N–H and O–H groups in total. The summed E-state index contributed by atoms with van der Waals surface area (Å²) in [5.74, 6) is 1.05. The number of nitrogens with zero attached hydrogens (tertiary/aromatic N) is 2. The van der Waals surface area contributed by atoms with Crippen LogP contribution in [0.5, 0.6) is 5.75 Å². The molecule has 4 rings (SSSR count). The predicted molar refractivity (Wildman–Crippen MR) is 104 cm³/mol. The topological polar surface area (TPSA) is 74.3 Å². The second-order valence-electron chi connectivity index (χ2n) is 6.57. The lowest BCUT2D eigenvalue weighted by atomic mass is 10.1. The fourth-order valence-corrected chi connectivity index (χ4v) is 3.14. The maximum Gasteiger partial charge on any atom is 0.273 e. The van der Waals surface area contributed by atoms with E-state index < -0.39 is 11.0 Å². The van der Waals surface area contributed by atoms with Gasteiger partial charge in [0.15, 0.2) is 5.39 Å². The lowest BCUT2D eigenvalue weighted by molar-refractivity contribution is 0.414. The molecule has 136 valence electrons. The summed E-state index contributed by atoms with van der Waals surface area (Å²) in [6.45, 7) is 3.88. The summed E-state index contributed by atoms with van der Waals surface area (Å²) >= 11 is 0. The van der Waals surface area contributed by atoms with Crippen molar-refractivity contribution in [2.24, 2.45) is 0 Å². The van der Waals surface area contributed by atoms with Gasteiger partial charge in [0.05, 0.1) is 18.2 Å². The van der Waals surface area contributed by atoms with E-state index in [-0.39, 0.29) is 17.0 Å². The van der Waals surface area contributed by atoms with Crippen molar-refractivity contribution in [3.8, 4) is 11.4 Å². The molecule has 0 saturated heterocycles. The Bertz CT molecular complexity index is 1270. The number of ether oxygens (including phenoxy) is 1. The molecule has 0 amide bonds. The Morgan fingerprint density at radius 2 is 1.81 bits per heavy atom. The second-order valence-corrected chi connectivity index (χ2v) is 6.57. The van der Waals surface area contributed by atoms with Gasteiger partial charge in [-0.1, -0.05) is 32.0 Å². The first-order chi connectivity index (χ1) is 13.0. The molecule has 0 aliphatic carbocycles. The Balaban J connectivity index is 2.17. The maximum absolute atomic E-state index is 13.3. The SMILES string of the molecule is COc1ccc2c(=O)c3c(=O)n(-c4ccccc4)c(C(C)C)nc3oc2c1. The van der Waals surface area contributed by atoms with Gasteiger partial charge in [-0.3, -0.25) is 14.2 Å². The van der Waals surface area contributed by atoms with Crippen LogP contribution in [-0.2, 0) is 0 Å². The molecule has 0 bridgehead atoms. The third-order valence-corrected chi connectivity index (χ3v) is 4.47. The summed E-state index contributed by atoms with van der Waals surface area (Å²) in [5, 5.41) is 0.264. The fraction of sp³-hybridized carbons (Fsp3) is 0.190. The van der Waals surface area contributed by atoms with Crippen molar-refractivity contribution in [3.63, 3.8) is 0 Å². The first-order valence-electron chi connectivity index (χ1n) is 8.64. The monoisotopic (exact) mass is 362 g/mol. The molecule has 4 aromatic rings. The minimum absolute atomic E-state index is 0.0432. The Morgan fingerprint density at radius 3 is 2.48 bits per heavy atom. The average molecular weight is 362 g/mol. The van der Waals surface area contributed by atoms with Gasteiger partial charge in [-0.15, -0.1) is 0 Å². The van der Waals surface area contributed by atoms with Crippen molar-refractivity contribution < 1.29 is 9.15 Å². The molecule has 0 aliphatic rings. The van der Waals surface area contributed by atoms with E-state index in [0.717, 1.165) is 0 Å². The number of benzene rings is 2. The van der Waals surface area contributed by atoms with E-state index >= 15 is 0 Å². The first-order valence-corrected chi connectivity index (χ1v) is 8.64. The van der Waals surface area contributed by atoms with Gasteiger partial charge in [-0.25, -0.2) is 0 Å². The standard InChI is InChI=1S/C21H18N2O4/c1-12(2)19-22-20-17(21(25)23(19)13-7-5-4-6-8-13)18(24)15-10-9-14(26-3)11-16(15)27-20/h4-12H,1-3H3. The van der Waals surface area contributed by atoms with E-state index in [1.54, 1.807) is 18.2 Å². The van der Waals surface area contributed by atoms with Crippen LogP contribution in [0.25, 0.3) is 27.8 Å². The van der Waals surface area contributed by atoms with E-state index in [4.69, 9.17) is 9.15 Å². The third-order valence-electron chi connectivity index (χ3n) is 4.47. The number of aromatic nitrogens is 2. The van der Waals surface area contributed by atoms with Crippen molar-refractivity contribution in [1.82, 2.24) is 9.55 Å². The van der Waals surface area contributed by atoms with Crippen molar-refractivity contribution in [2.75, 3.05) is 7.11 Å². The van der Waals surface area contributed by atoms with E-state index in [2.05, 4.69) is 4.98 Å². The largest absolute Gasteiger partial charge is 0.497 e. The van der Waals surface area contributed by atoms with Crippen LogP contribution in [-0.4, -0.2) is 16.7 Å². The molecule has 2 aromatic heterocycles.